The maximum atomic E-state index is 9.24. The lowest BCUT2D eigenvalue weighted by Gasteiger charge is -2.22. The first-order valence-corrected chi connectivity index (χ1v) is 20.1. The van der Waals surface area contributed by atoms with E-state index >= 15 is 0 Å². The lowest BCUT2D eigenvalue weighted by atomic mass is 9.81. The number of fused-ring (bicyclic) bond motifs is 5. The minimum Gasteiger partial charge on any atom is -0.300 e. The SMILES string of the molecule is CC1(C)c2cc(-c3cccc(-c4ccc(/C(=C/C(=N)c5ccc(-c6cccnc6)cc5)N=Cc5ccccc5)c5ccccc45)c3)ccc2-c2cc3ccccc3cc21. The first kappa shape index (κ1) is 35.9. The molecule has 8 aromatic carbocycles. The molecule has 1 aliphatic rings. The topological polar surface area (TPSA) is 49.1 Å². The van der Waals surface area contributed by atoms with Crippen LogP contribution in [0.15, 0.2) is 205 Å². The molecule has 1 N–H and O–H groups in total. The van der Waals surface area contributed by atoms with E-state index in [0.29, 0.717) is 5.71 Å². The molecule has 0 unspecified atom stereocenters. The Morgan fingerprint density at radius 1 is 0.525 bits per heavy atom. The number of aromatic nitrogens is 1. The summed E-state index contributed by atoms with van der Waals surface area (Å²) in [5.74, 6) is 0. The highest BCUT2D eigenvalue weighted by atomic mass is 14.7. The van der Waals surface area contributed by atoms with Gasteiger partial charge in [-0.25, -0.2) is 0 Å². The second-order valence-corrected chi connectivity index (χ2v) is 15.8. The molecule has 0 aliphatic heterocycles. The standard InChI is InChI=1S/C56H41N3/c1-56(2)52-33-43(25-26-49(52)51-31-41-14-6-7-15-42(41)32-53(51)56)40-16-10-17-44(30-40)46-27-28-50(48-20-9-8-19-47(46)48)55(59-35-37-12-4-3-5-13-37)34-54(57)39-23-21-38(22-24-39)45-18-11-29-58-36-45/h3-36,57H,1-2H3/b55-34-,57-54?,59-35?. The van der Waals surface area contributed by atoms with Gasteiger partial charge in [0.05, 0.1) is 11.4 Å². The number of pyridine rings is 1. The Balaban J connectivity index is 1.02. The summed E-state index contributed by atoms with van der Waals surface area (Å²) in [5.41, 5.74) is 16.0. The van der Waals surface area contributed by atoms with Gasteiger partial charge in [0, 0.05) is 29.6 Å². The van der Waals surface area contributed by atoms with Crippen molar-refractivity contribution in [1.82, 2.24) is 4.98 Å². The molecule has 0 fully saturated rings. The van der Waals surface area contributed by atoms with E-state index in [4.69, 9.17) is 4.99 Å². The molecule has 3 nitrogen and oxygen atoms in total. The highest BCUT2D eigenvalue weighted by Gasteiger charge is 2.36. The highest BCUT2D eigenvalue weighted by Crippen LogP contribution is 2.51. The number of benzene rings is 8. The molecule has 280 valence electrons. The van der Waals surface area contributed by atoms with E-state index in [0.717, 1.165) is 55.4 Å². The third kappa shape index (κ3) is 6.67. The van der Waals surface area contributed by atoms with Gasteiger partial charge < -0.3 is 5.41 Å². The number of hydrogen-bond acceptors (Lipinski definition) is 3. The Morgan fingerprint density at radius 3 is 1.98 bits per heavy atom. The average molecular weight is 756 g/mol. The van der Waals surface area contributed by atoms with Crippen molar-refractivity contribution in [2.24, 2.45) is 4.99 Å². The predicted molar refractivity (Wildman–Crippen MR) is 248 cm³/mol. The fourth-order valence-electron chi connectivity index (χ4n) is 8.71. The zero-order valence-corrected chi connectivity index (χ0v) is 33.0. The Kier molecular flexibility index (Phi) is 8.99. The van der Waals surface area contributed by atoms with Crippen LogP contribution in [0.3, 0.4) is 0 Å². The van der Waals surface area contributed by atoms with Gasteiger partial charge in [-0.05, 0) is 125 Å². The molecule has 9 aromatic rings. The molecule has 1 aliphatic carbocycles. The smallest absolute Gasteiger partial charge is 0.0729 e. The van der Waals surface area contributed by atoms with Gasteiger partial charge >= 0.3 is 0 Å². The van der Waals surface area contributed by atoms with Crippen LogP contribution in [0.1, 0.15) is 41.7 Å². The second-order valence-electron chi connectivity index (χ2n) is 15.8. The zero-order valence-electron chi connectivity index (χ0n) is 33.0. The third-order valence-corrected chi connectivity index (χ3v) is 11.9. The van der Waals surface area contributed by atoms with E-state index in [1.807, 2.05) is 85.2 Å². The molecule has 0 saturated carbocycles. The van der Waals surface area contributed by atoms with E-state index in [9.17, 15) is 5.41 Å². The van der Waals surface area contributed by atoms with Crippen LogP contribution in [-0.2, 0) is 5.41 Å². The number of nitrogens with zero attached hydrogens (tertiary/aromatic N) is 2. The van der Waals surface area contributed by atoms with Gasteiger partial charge in [-0.2, -0.15) is 0 Å². The monoisotopic (exact) mass is 755 g/mol. The van der Waals surface area contributed by atoms with E-state index in [-0.39, 0.29) is 5.41 Å². The Bertz CT molecular complexity index is 3120. The summed E-state index contributed by atoms with van der Waals surface area (Å²) in [4.78, 5) is 9.33. The minimum atomic E-state index is -0.109. The molecule has 1 aromatic heterocycles. The minimum absolute atomic E-state index is 0.109. The van der Waals surface area contributed by atoms with Crippen LogP contribution in [0.4, 0.5) is 0 Å². The lowest BCUT2D eigenvalue weighted by Crippen LogP contribution is -2.15. The van der Waals surface area contributed by atoms with Gasteiger partial charge in [-0.15, -0.1) is 0 Å². The van der Waals surface area contributed by atoms with Gasteiger partial charge in [-0.1, -0.05) is 166 Å². The summed E-state index contributed by atoms with van der Waals surface area (Å²) in [6.45, 7) is 4.71. The fraction of sp³-hybridized carbons (Fsp3) is 0.0536. The molecule has 10 rings (SSSR count). The largest absolute Gasteiger partial charge is 0.300 e. The van der Waals surface area contributed by atoms with Gasteiger partial charge in [0.1, 0.15) is 0 Å². The zero-order chi connectivity index (χ0) is 39.9. The molecule has 0 radical (unpaired) electrons. The van der Waals surface area contributed by atoms with E-state index in [1.54, 1.807) is 6.20 Å². The van der Waals surface area contributed by atoms with Crippen molar-refractivity contribution in [3.63, 3.8) is 0 Å². The second kappa shape index (κ2) is 14.8. The van der Waals surface area contributed by atoms with Crippen molar-refractivity contribution in [3.8, 4) is 44.5 Å². The van der Waals surface area contributed by atoms with Gasteiger partial charge in [-0.3, -0.25) is 9.98 Å². The summed E-state index contributed by atoms with van der Waals surface area (Å²) in [7, 11) is 0. The lowest BCUT2D eigenvalue weighted by molar-refractivity contribution is 0.661. The van der Waals surface area contributed by atoms with Crippen molar-refractivity contribution in [2.45, 2.75) is 19.3 Å². The summed E-state index contributed by atoms with van der Waals surface area (Å²) in [6.07, 6.45) is 7.40. The van der Waals surface area contributed by atoms with E-state index in [1.165, 1.54) is 44.2 Å². The Morgan fingerprint density at radius 2 is 1.19 bits per heavy atom. The summed E-state index contributed by atoms with van der Waals surface area (Å²) in [5, 5.41) is 14.0. The van der Waals surface area contributed by atoms with Crippen molar-refractivity contribution < 1.29 is 0 Å². The summed E-state index contributed by atoms with van der Waals surface area (Å²) >= 11 is 0. The fourth-order valence-corrected chi connectivity index (χ4v) is 8.71. The van der Waals surface area contributed by atoms with Crippen molar-refractivity contribution >= 4 is 39.2 Å². The summed E-state index contributed by atoms with van der Waals surface area (Å²) in [6, 6.07) is 64.5. The Hall–Kier alpha value is -7.49. The van der Waals surface area contributed by atoms with Crippen LogP contribution in [-0.4, -0.2) is 16.9 Å². The number of rotatable bonds is 8. The van der Waals surface area contributed by atoms with Crippen molar-refractivity contribution in [1.29, 1.82) is 5.41 Å². The van der Waals surface area contributed by atoms with Crippen LogP contribution >= 0.6 is 0 Å². The normalized spacial score (nSPS) is 13.2. The molecular weight excluding hydrogens is 715 g/mol. The highest BCUT2D eigenvalue weighted by molar-refractivity contribution is 6.13. The Labute approximate surface area is 345 Å². The van der Waals surface area contributed by atoms with E-state index in [2.05, 4.69) is 134 Å². The molecule has 0 bridgehead atoms. The number of nitrogens with one attached hydrogen (secondary N) is 1. The first-order chi connectivity index (χ1) is 28.9. The molecule has 0 amide bonds. The first-order valence-electron chi connectivity index (χ1n) is 20.1. The molecule has 0 saturated heterocycles. The average Bonchev–Trinajstić information content (AvgIpc) is 3.51. The molecule has 0 atom stereocenters. The van der Waals surface area contributed by atoms with Gasteiger partial charge in [0.15, 0.2) is 0 Å². The number of hydrogen-bond donors (Lipinski definition) is 1. The molecule has 3 heteroatoms. The van der Waals surface area contributed by atoms with Crippen LogP contribution in [0, 0.1) is 5.41 Å². The van der Waals surface area contributed by atoms with Crippen LogP contribution in [0.5, 0.6) is 0 Å². The summed E-state index contributed by atoms with van der Waals surface area (Å²) < 4.78 is 0. The molecular formula is C56H41N3. The maximum Gasteiger partial charge on any atom is 0.0729 e. The third-order valence-electron chi connectivity index (χ3n) is 11.9. The van der Waals surface area contributed by atoms with Crippen LogP contribution < -0.4 is 0 Å². The van der Waals surface area contributed by atoms with Gasteiger partial charge in [0.25, 0.3) is 0 Å². The molecule has 1 heterocycles. The number of allylic oxidation sites excluding steroid dienone is 1. The molecule has 59 heavy (non-hydrogen) atoms. The van der Waals surface area contributed by atoms with Crippen LogP contribution in [0.2, 0.25) is 0 Å². The predicted octanol–water partition coefficient (Wildman–Crippen LogP) is 14.2. The number of aliphatic imine (C=N–C) groups is 1. The van der Waals surface area contributed by atoms with E-state index < -0.39 is 0 Å². The van der Waals surface area contributed by atoms with Crippen molar-refractivity contribution in [3.05, 3.63) is 228 Å². The van der Waals surface area contributed by atoms with Crippen molar-refractivity contribution in [2.75, 3.05) is 0 Å². The van der Waals surface area contributed by atoms with Gasteiger partial charge in [0.2, 0.25) is 0 Å². The molecule has 0 spiro atoms. The quantitative estimate of drug-likeness (QED) is 0.154. The maximum absolute atomic E-state index is 9.24. The van der Waals surface area contributed by atoms with Crippen LogP contribution in [0.25, 0.3) is 71.7 Å².